The first-order chi connectivity index (χ1) is 9.40. The molecule has 20 heavy (non-hydrogen) atoms. The van der Waals surface area contributed by atoms with Gasteiger partial charge in [0, 0.05) is 30.6 Å². The summed E-state index contributed by atoms with van der Waals surface area (Å²) in [4.78, 5) is 0. The molecule has 1 aromatic carbocycles. The maximum atomic E-state index is 12.2. The number of nitrogens with zero attached hydrogens (tertiary/aromatic N) is 1. The van der Waals surface area contributed by atoms with E-state index in [1.165, 1.54) is 17.4 Å². The van der Waals surface area contributed by atoms with Gasteiger partial charge in [0.2, 0.25) is 10.0 Å². The third kappa shape index (κ3) is 3.59. The minimum Gasteiger partial charge on any atom is -0.390 e. The molecule has 0 unspecified atom stereocenters. The van der Waals surface area contributed by atoms with E-state index in [9.17, 15) is 13.5 Å². The van der Waals surface area contributed by atoms with Gasteiger partial charge in [-0.05, 0) is 23.8 Å². The fraction of sp³-hybridized carbons (Fsp3) is 0.385. The number of sulfonamides is 1. The molecule has 1 aliphatic heterocycles. The minimum atomic E-state index is -3.57. The van der Waals surface area contributed by atoms with Crippen molar-refractivity contribution in [1.29, 1.82) is 0 Å². The number of hydrogen-bond acceptors (Lipinski definition) is 4. The molecule has 0 radical (unpaired) electrons. The van der Waals surface area contributed by atoms with E-state index in [0.717, 1.165) is 11.0 Å². The lowest BCUT2D eigenvalue weighted by Crippen LogP contribution is -2.43. The van der Waals surface area contributed by atoms with Crippen LogP contribution < -0.4 is 5.32 Å². The third-order valence-corrected chi connectivity index (χ3v) is 5.13. The van der Waals surface area contributed by atoms with Crippen molar-refractivity contribution < 1.29 is 13.5 Å². The highest BCUT2D eigenvalue weighted by atomic mass is 35.5. The molecule has 0 aromatic heterocycles. The van der Waals surface area contributed by atoms with Crippen molar-refractivity contribution in [2.45, 2.75) is 12.1 Å². The quantitative estimate of drug-likeness (QED) is 0.866. The van der Waals surface area contributed by atoms with Crippen molar-refractivity contribution in [2.75, 3.05) is 20.1 Å². The van der Waals surface area contributed by atoms with Crippen molar-refractivity contribution in [3.05, 3.63) is 40.3 Å². The number of aliphatic hydroxyl groups is 1. The summed E-state index contributed by atoms with van der Waals surface area (Å²) in [6, 6.07) is 6.43. The Morgan fingerprint density at radius 3 is 2.55 bits per heavy atom. The van der Waals surface area contributed by atoms with E-state index in [4.69, 9.17) is 11.6 Å². The maximum Gasteiger partial charge on any atom is 0.236 e. The second-order valence-electron chi connectivity index (χ2n) is 4.71. The fourth-order valence-corrected chi connectivity index (χ4v) is 3.28. The average Bonchev–Trinajstić information content (AvgIpc) is 2.83. The Labute approximate surface area is 123 Å². The Bertz CT molecular complexity index is 586. The van der Waals surface area contributed by atoms with Crippen LogP contribution in [0.2, 0.25) is 5.02 Å². The fourth-order valence-electron chi connectivity index (χ4n) is 2.05. The van der Waals surface area contributed by atoms with Crippen LogP contribution in [-0.2, 0) is 10.0 Å². The molecule has 0 amide bonds. The van der Waals surface area contributed by atoms with E-state index in [2.05, 4.69) is 5.32 Å². The second kappa shape index (κ2) is 6.24. The molecule has 1 aromatic rings. The van der Waals surface area contributed by atoms with E-state index in [-0.39, 0.29) is 0 Å². The molecule has 2 rings (SSSR count). The number of aliphatic hydroxyl groups excluding tert-OH is 1. The lowest BCUT2D eigenvalue weighted by Gasteiger charge is -2.24. The van der Waals surface area contributed by atoms with Crippen molar-refractivity contribution in [3.63, 3.8) is 0 Å². The molecule has 0 bridgehead atoms. The number of hydrogen-bond donors (Lipinski definition) is 2. The highest BCUT2D eigenvalue weighted by Gasteiger charge is 2.33. The molecule has 5 nitrogen and oxygen atoms in total. The first kappa shape index (κ1) is 15.5. The van der Waals surface area contributed by atoms with Crippen LogP contribution in [0.1, 0.15) is 5.56 Å². The summed E-state index contributed by atoms with van der Waals surface area (Å²) in [5.41, 5.74) is 0.747. The molecule has 2 N–H and O–H groups in total. The maximum absolute atomic E-state index is 12.2. The third-order valence-electron chi connectivity index (χ3n) is 3.32. The molecule has 0 saturated carbocycles. The highest BCUT2D eigenvalue weighted by molar-refractivity contribution is 7.92. The lowest BCUT2D eigenvalue weighted by atomic mass is 10.2. The Kier molecular flexibility index (Phi) is 4.82. The molecular formula is C13H17ClN2O3S. The Morgan fingerprint density at radius 2 is 2.00 bits per heavy atom. The van der Waals surface area contributed by atoms with E-state index in [0.29, 0.717) is 18.1 Å². The summed E-state index contributed by atoms with van der Waals surface area (Å²) in [6.07, 6.45) is 0.829. The lowest BCUT2D eigenvalue weighted by molar-refractivity contribution is 0.137. The van der Waals surface area contributed by atoms with Crippen molar-refractivity contribution in [3.8, 4) is 0 Å². The van der Waals surface area contributed by atoms with E-state index in [1.54, 1.807) is 24.3 Å². The summed E-state index contributed by atoms with van der Waals surface area (Å²) >= 11 is 5.77. The first-order valence-electron chi connectivity index (χ1n) is 6.20. The van der Waals surface area contributed by atoms with Crippen LogP contribution in [0.15, 0.2) is 29.7 Å². The number of nitrogens with one attached hydrogen (secondary N) is 1. The standard InChI is InChI=1S/C13H17ClN2O3S/c1-16(12-8-15-9-13(12)17)20(18,19)7-6-10-2-4-11(14)5-3-10/h2-7,12-13,15,17H,8-9H2,1H3/b7-6+/t12-,13-/m1/s1. The molecule has 1 saturated heterocycles. The number of β-amino-alcohol motifs (C(OH)–C–C–N with tert-alkyl or cyclic N) is 1. The zero-order chi connectivity index (χ0) is 14.8. The van der Waals surface area contributed by atoms with Gasteiger partial charge in [0.25, 0.3) is 0 Å². The van der Waals surface area contributed by atoms with Gasteiger partial charge in [-0.25, -0.2) is 8.42 Å². The van der Waals surface area contributed by atoms with Gasteiger partial charge in [-0.1, -0.05) is 23.7 Å². The van der Waals surface area contributed by atoms with E-state index < -0.39 is 22.2 Å². The van der Waals surface area contributed by atoms with Gasteiger partial charge >= 0.3 is 0 Å². The number of rotatable bonds is 4. The Hall–Kier alpha value is -0.920. The Balaban J connectivity index is 2.12. The molecule has 0 spiro atoms. The number of halogens is 1. The molecule has 1 aliphatic rings. The van der Waals surface area contributed by atoms with Crippen molar-refractivity contribution >= 4 is 27.7 Å². The summed E-state index contributed by atoms with van der Waals surface area (Å²) < 4.78 is 25.6. The minimum absolute atomic E-state index is 0.408. The van der Waals surface area contributed by atoms with Crippen LogP contribution in [0.4, 0.5) is 0 Å². The van der Waals surface area contributed by atoms with Crippen LogP contribution in [0.3, 0.4) is 0 Å². The summed E-state index contributed by atoms with van der Waals surface area (Å²) in [6.45, 7) is 0.858. The highest BCUT2D eigenvalue weighted by Crippen LogP contribution is 2.15. The molecule has 110 valence electrons. The molecule has 2 atom stereocenters. The first-order valence-corrected chi connectivity index (χ1v) is 8.09. The van der Waals surface area contributed by atoms with Crippen LogP contribution in [0, 0.1) is 0 Å². The van der Waals surface area contributed by atoms with Crippen LogP contribution in [0.5, 0.6) is 0 Å². The summed E-state index contributed by atoms with van der Waals surface area (Å²) in [7, 11) is -2.09. The predicted octanol–water partition coefficient (Wildman–Crippen LogP) is 0.905. The number of benzene rings is 1. The van der Waals surface area contributed by atoms with Gasteiger partial charge in [0.1, 0.15) is 0 Å². The van der Waals surface area contributed by atoms with Crippen LogP contribution in [0.25, 0.3) is 6.08 Å². The summed E-state index contributed by atoms with van der Waals surface area (Å²) in [5.74, 6) is 0. The van der Waals surface area contributed by atoms with Gasteiger partial charge in [-0.2, -0.15) is 4.31 Å². The van der Waals surface area contributed by atoms with Gasteiger partial charge < -0.3 is 10.4 Å². The van der Waals surface area contributed by atoms with Gasteiger partial charge in [0.05, 0.1) is 12.1 Å². The zero-order valence-corrected chi connectivity index (χ0v) is 12.6. The van der Waals surface area contributed by atoms with Crippen LogP contribution >= 0.6 is 11.6 Å². The second-order valence-corrected chi connectivity index (χ2v) is 7.02. The van der Waals surface area contributed by atoms with E-state index in [1.807, 2.05) is 0 Å². The van der Waals surface area contributed by atoms with Crippen LogP contribution in [-0.4, -0.2) is 50.1 Å². The van der Waals surface area contributed by atoms with Gasteiger partial charge in [-0.15, -0.1) is 0 Å². The monoisotopic (exact) mass is 316 g/mol. The molecular weight excluding hydrogens is 300 g/mol. The van der Waals surface area contributed by atoms with E-state index >= 15 is 0 Å². The SMILES string of the molecule is CN([C@@H]1CNC[C@H]1O)S(=O)(=O)/C=C/c1ccc(Cl)cc1. The van der Waals surface area contributed by atoms with Gasteiger partial charge in [-0.3, -0.25) is 0 Å². The smallest absolute Gasteiger partial charge is 0.236 e. The average molecular weight is 317 g/mol. The molecule has 1 heterocycles. The normalized spacial score (nSPS) is 23.8. The topological polar surface area (TPSA) is 69.6 Å². The molecule has 0 aliphatic carbocycles. The Morgan fingerprint density at radius 1 is 1.35 bits per heavy atom. The zero-order valence-electron chi connectivity index (χ0n) is 11.0. The van der Waals surface area contributed by atoms with Gasteiger partial charge in [0.15, 0.2) is 0 Å². The number of likely N-dealkylation sites (N-methyl/N-ethyl adjacent to an activating group) is 1. The molecule has 7 heteroatoms. The van der Waals surface area contributed by atoms with Crippen molar-refractivity contribution in [2.24, 2.45) is 0 Å². The molecule has 1 fully saturated rings. The van der Waals surface area contributed by atoms with Crippen molar-refractivity contribution in [1.82, 2.24) is 9.62 Å². The summed E-state index contributed by atoms with van der Waals surface area (Å²) in [5, 5.41) is 14.4. The predicted molar refractivity (Wildman–Crippen MR) is 79.8 cm³/mol. The largest absolute Gasteiger partial charge is 0.390 e.